The molecule has 26 heavy (non-hydrogen) atoms. The van der Waals surface area contributed by atoms with Crippen LogP contribution in [0.5, 0.6) is 11.5 Å². The molecule has 0 radical (unpaired) electrons. The SMILES string of the molecule is C=C1NC(=O)NC(c2cc(OC)ccc2OC)C1C(=O)OCC(Cl)(Cl)Cl. The zero-order valence-electron chi connectivity index (χ0n) is 14.0. The smallest absolute Gasteiger partial charge is 0.319 e. The number of carbonyl (C=O) groups excluding carboxylic acids is 2. The van der Waals surface area contributed by atoms with Gasteiger partial charge in [-0.2, -0.15) is 0 Å². The molecule has 10 heteroatoms. The highest BCUT2D eigenvalue weighted by Crippen LogP contribution is 2.38. The average molecular weight is 424 g/mol. The fourth-order valence-corrected chi connectivity index (χ4v) is 2.71. The Hall–Kier alpha value is -1.83. The Morgan fingerprint density at radius 1 is 1.27 bits per heavy atom. The average Bonchev–Trinajstić information content (AvgIpc) is 2.57. The molecule has 1 aromatic carbocycles. The summed E-state index contributed by atoms with van der Waals surface area (Å²) < 4.78 is 13.9. The first-order valence-electron chi connectivity index (χ1n) is 7.38. The molecule has 0 aromatic heterocycles. The number of hydrogen-bond acceptors (Lipinski definition) is 5. The van der Waals surface area contributed by atoms with Crippen LogP contribution in [-0.2, 0) is 9.53 Å². The number of methoxy groups -OCH3 is 2. The van der Waals surface area contributed by atoms with Crippen LogP contribution in [0.25, 0.3) is 0 Å². The van der Waals surface area contributed by atoms with Crippen LogP contribution in [0, 0.1) is 5.92 Å². The van der Waals surface area contributed by atoms with Gasteiger partial charge in [0.1, 0.15) is 24.0 Å². The van der Waals surface area contributed by atoms with Crippen LogP contribution in [-0.4, -0.2) is 36.6 Å². The molecular weight excluding hydrogens is 407 g/mol. The molecule has 2 atom stereocenters. The number of carbonyl (C=O) groups is 2. The maximum Gasteiger partial charge on any atom is 0.319 e. The van der Waals surface area contributed by atoms with Gasteiger partial charge in [-0.25, -0.2) is 4.79 Å². The second kappa shape index (κ2) is 8.24. The number of urea groups is 1. The van der Waals surface area contributed by atoms with E-state index in [4.69, 9.17) is 49.0 Å². The summed E-state index contributed by atoms with van der Waals surface area (Å²) in [4.78, 5) is 24.5. The quantitative estimate of drug-likeness (QED) is 0.561. The molecule has 1 aliphatic rings. The second-order valence-electron chi connectivity index (χ2n) is 5.41. The zero-order valence-corrected chi connectivity index (χ0v) is 16.2. The van der Waals surface area contributed by atoms with Crippen LogP contribution in [0.4, 0.5) is 4.79 Å². The van der Waals surface area contributed by atoms with Gasteiger partial charge in [0.2, 0.25) is 3.79 Å². The Balaban J connectivity index is 2.40. The van der Waals surface area contributed by atoms with Gasteiger partial charge in [-0.15, -0.1) is 0 Å². The molecule has 0 spiro atoms. The van der Waals surface area contributed by atoms with Gasteiger partial charge in [-0.05, 0) is 18.2 Å². The largest absolute Gasteiger partial charge is 0.497 e. The lowest BCUT2D eigenvalue weighted by atomic mass is 9.88. The van der Waals surface area contributed by atoms with Crippen LogP contribution >= 0.6 is 34.8 Å². The predicted octanol–water partition coefficient (Wildman–Crippen LogP) is 3.10. The van der Waals surface area contributed by atoms with Gasteiger partial charge in [-0.3, -0.25) is 4.79 Å². The molecular formula is C16H17Cl3N2O5. The highest BCUT2D eigenvalue weighted by molar-refractivity contribution is 6.67. The van der Waals surface area contributed by atoms with E-state index in [0.717, 1.165) is 0 Å². The first-order chi connectivity index (χ1) is 12.2. The maximum atomic E-state index is 12.6. The highest BCUT2D eigenvalue weighted by Gasteiger charge is 2.41. The van der Waals surface area contributed by atoms with Gasteiger partial charge in [0.05, 0.1) is 20.3 Å². The lowest BCUT2D eigenvalue weighted by Gasteiger charge is -2.34. The van der Waals surface area contributed by atoms with E-state index in [1.54, 1.807) is 18.2 Å². The Morgan fingerprint density at radius 2 is 1.96 bits per heavy atom. The summed E-state index contributed by atoms with van der Waals surface area (Å²) in [5, 5.41) is 5.13. The van der Waals surface area contributed by atoms with Crippen molar-refractivity contribution in [3.63, 3.8) is 0 Å². The van der Waals surface area contributed by atoms with Crippen LogP contribution < -0.4 is 20.1 Å². The van der Waals surface area contributed by atoms with Gasteiger partial charge < -0.3 is 24.8 Å². The number of esters is 1. The molecule has 2 unspecified atom stereocenters. The van der Waals surface area contributed by atoms with Crippen LogP contribution in [0.3, 0.4) is 0 Å². The number of halogens is 3. The van der Waals surface area contributed by atoms with Crippen LogP contribution in [0.1, 0.15) is 11.6 Å². The van der Waals surface area contributed by atoms with Crippen LogP contribution in [0.2, 0.25) is 0 Å². The normalized spacial score (nSPS) is 20.0. The maximum absolute atomic E-state index is 12.6. The van der Waals surface area contributed by atoms with Crippen LogP contribution in [0.15, 0.2) is 30.5 Å². The summed E-state index contributed by atoms with van der Waals surface area (Å²) in [5.41, 5.74) is 0.664. The molecule has 2 rings (SSSR count). The highest BCUT2D eigenvalue weighted by atomic mass is 35.6. The van der Waals surface area contributed by atoms with E-state index in [1.807, 2.05) is 0 Å². The zero-order chi connectivity index (χ0) is 19.5. The van der Waals surface area contributed by atoms with Crippen molar-refractivity contribution in [1.29, 1.82) is 0 Å². The lowest BCUT2D eigenvalue weighted by molar-refractivity contribution is -0.148. The van der Waals surface area contributed by atoms with Gasteiger partial charge >= 0.3 is 12.0 Å². The number of ether oxygens (including phenoxy) is 3. The standard InChI is InChI=1S/C16H17Cl3N2O5/c1-8-12(14(22)26-7-16(17,18)19)13(21-15(23)20-8)10-6-9(24-2)4-5-11(10)25-3/h4-6,12-13H,1,7H2,2-3H3,(H2,20,21,23). The number of amides is 2. The molecule has 1 aromatic rings. The van der Waals surface area contributed by atoms with E-state index < -0.39 is 34.4 Å². The van der Waals surface area contributed by atoms with Crippen molar-refractivity contribution in [3.05, 3.63) is 36.0 Å². The third-order valence-corrected chi connectivity index (χ3v) is 4.00. The molecule has 1 aliphatic heterocycles. The van der Waals surface area contributed by atoms with Crippen molar-refractivity contribution < 1.29 is 23.8 Å². The molecule has 7 nitrogen and oxygen atoms in total. The minimum absolute atomic E-state index is 0.151. The monoisotopic (exact) mass is 422 g/mol. The molecule has 1 saturated heterocycles. The third kappa shape index (κ3) is 4.87. The van der Waals surface area contributed by atoms with Crippen molar-refractivity contribution in [2.75, 3.05) is 20.8 Å². The Morgan fingerprint density at radius 3 is 2.54 bits per heavy atom. The van der Waals surface area contributed by atoms with E-state index in [1.165, 1.54) is 14.2 Å². The van der Waals surface area contributed by atoms with Crippen molar-refractivity contribution in [2.45, 2.75) is 9.83 Å². The summed E-state index contributed by atoms with van der Waals surface area (Å²) in [6, 6.07) is 3.67. The summed E-state index contributed by atoms with van der Waals surface area (Å²) in [6.45, 7) is 3.29. The molecule has 2 amide bonds. The third-order valence-electron chi connectivity index (χ3n) is 3.67. The second-order valence-corrected chi connectivity index (χ2v) is 7.93. The van der Waals surface area contributed by atoms with E-state index in [2.05, 4.69) is 17.2 Å². The number of alkyl halides is 3. The first-order valence-corrected chi connectivity index (χ1v) is 8.51. The number of rotatable bonds is 5. The fourth-order valence-electron chi connectivity index (χ4n) is 2.55. The topological polar surface area (TPSA) is 85.9 Å². The van der Waals surface area contributed by atoms with Gasteiger partial charge in [0, 0.05) is 11.3 Å². The molecule has 2 N–H and O–H groups in total. The first kappa shape index (κ1) is 20.5. The minimum atomic E-state index is -1.76. The molecule has 0 saturated carbocycles. The van der Waals surface area contributed by atoms with E-state index in [0.29, 0.717) is 17.1 Å². The fraction of sp³-hybridized carbons (Fsp3) is 0.375. The molecule has 0 aliphatic carbocycles. The summed E-state index contributed by atoms with van der Waals surface area (Å²) in [6.07, 6.45) is 0. The van der Waals surface area contributed by atoms with E-state index in [9.17, 15) is 9.59 Å². The molecule has 1 fully saturated rings. The molecule has 1 heterocycles. The lowest BCUT2D eigenvalue weighted by Crippen LogP contribution is -2.51. The van der Waals surface area contributed by atoms with E-state index >= 15 is 0 Å². The Kier molecular flexibility index (Phi) is 6.49. The van der Waals surface area contributed by atoms with Crippen molar-refractivity contribution >= 4 is 46.8 Å². The molecule has 142 valence electrons. The summed E-state index contributed by atoms with van der Waals surface area (Å²) >= 11 is 16.9. The number of benzene rings is 1. The van der Waals surface area contributed by atoms with Crippen molar-refractivity contribution in [1.82, 2.24) is 10.6 Å². The Bertz CT molecular complexity index is 720. The van der Waals surface area contributed by atoms with Crippen molar-refractivity contribution in [3.8, 4) is 11.5 Å². The van der Waals surface area contributed by atoms with Gasteiger partial charge in [0.25, 0.3) is 0 Å². The number of hydrogen-bond donors (Lipinski definition) is 2. The van der Waals surface area contributed by atoms with Gasteiger partial charge in [-0.1, -0.05) is 41.4 Å². The number of nitrogens with one attached hydrogen (secondary N) is 2. The minimum Gasteiger partial charge on any atom is -0.497 e. The summed E-state index contributed by atoms with van der Waals surface area (Å²) in [5.74, 6) is -0.720. The molecule has 0 bridgehead atoms. The van der Waals surface area contributed by atoms with Gasteiger partial charge in [0.15, 0.2) is 0 Å². The summed E-state index contributed by atoms with van der Waals surface area (Å²) in [7, 11) is 2.97. The van der Waals surface area contributed by atoms with Crippen molar-refractivity contribution in [2.24, 2.45) is 5.92 Å². The predicted molar refractivity (Wildman–Crippen MR) is 97.8 cm³/mol. The van der Waals surface area contributed by atoms with E-state index in [-0.39, 0.29) is 5.70 Å². The Labute approximate surface area is 165 Å².